The third-order valence-corrected chi connectivity index (χ3v) is 3.03. The smallest absolute Gasteiger partial charge is 0.273 e. The number of hydrogen-bond donors (Lipinski definition) is 1. The first-order valence-corrected chi connectivity index (χ1v) is 6.48. The summed E-state index contributed by atoms with van der Waals surface area (Å²) in [6.07, 6.45) is 5.09. The van der Waals surface area contributed by atoms with Crippen LogP contribution in [0.5, 0.6) is 0 Å². The summed E-state index contributed by atoms with van der Waals surface area (Å²) in [5.74, 6) is 1.01. The Morgan fingerprint density at radius 3 is 3.00 bits per heavy atom. The monoisotopic (exact) mass is 286 g/mol. The van der Waals surface area contributed by atoms with Crippen LogP contribution in [0.2, 0.25) is 0 Å². The zero-order chi connectivity index (χ0) is 14.7. The van der Waals surface area contributed by atoms with Crippen molar-refractivity contribution in [2.45, 2.75) is 13.0 Å². The molecule has 3 heterocycles. The Morgan fingerprint density at radius 2 is 2.38 bits per heavy atom. The van der Waals surface area contributed by atoms with Crippen molar-refractivity contribution in [3.05, 3.63) is 60.1 Å². The van der Waals surface area contributed by atoms with Crippen molar-refractivity contribution in [1.29, 1.82) is 0 Å². The molecule has 0 aliphatic carbocycles. The maximum absolute atomic E-state index is 12.0. The molecule has 3 aromatic heterocycles. The fourth-order valence-corrected chi connectivity index (χ4v) is 2.02. The molecule has 7 heteroatoms. The van der Waals surface area contributed by atoms with E-state index in [4.69, 9.17) is 8.94 Å². The second-order valence-corrected chi connectivity index (χ2v) is 4.55. The zero-order valence-electron chi connectivity index (χ0n) is 11.4. The lowest BCUT2D eigenvalue weighted by atomic mass is 10.2. The molecule has 0 spiro atoms. The number of rotatable bonds is 5. The Hall–Kier alpha value is -2.83. The molecule has 7 nitrogen and oxygen atoms in total. The summed E-state index contributed by atoms with van der Waals surface area (Å²) in [4.78, 5) is 12.0. The minimum atomic E-state index is -0.296. The van der Waals surface area contributed by atoms with E-state index in [1.54, 1.807) is 36.2 Å². The van der Waals surface area contributed by atoms with E-state index in [2.05, 4.69) is 15.6 Å². The molecule has 0 bridgehead atoms. The van der Waals surface area contributed by atoms with Crippen LogP contribution in [0.25, 0.3) is 0 Å². The number of carbonyl (C=O) groups is 1. The summed E-state index contributed by atoms with van der Waals surface area (Å²) in [6, 6.07) is 6.84. The summed E-state index contributed by atoms with van der Waals surface area (Å²) in [5, 5.41) is 10.7. The van der Waals surface area contributed by atoms with Gasteiger partial charge in [-0.25, -0.2) is 0 Å². The SMILES string of the molecule is Cc1cc(C(=O)NC[C@H](c2ccco2)n2cccn2)no1. The van der Waals surface area contributed by atoms with Crippen LogP contribution >= 0.6 is 0 Å². The molecule has 0 saturated carbocycles. The molecule has 21 heavy (non-hydrogen) atoms. The van der Waals surface area contributed by atoms with Crippen LogP contribution < -0.4 is 5.32 Å². The Balaban J connectivity index is 1.72. The van der Waals surface area contributed by atoms with Crippen molar-refractivity contribution in [2.24, 2.45) is 0 Å². The van der Waals surface area contributed by atoms with Crippen molar-refractivity contribution in [2.75, 3.05) is 6.54 Å². The number of nitrogens with zero attached hydrogens (tertiary/aromatic N) is 3. The van der Waals surface area contributed by atoms with E-state index in [1.165, 1.54) is 0 Å². The molecule has 0 radical (unpaired) electrons. The second-order valence-electron chi connectivity index (χ2n) is 4.55. The van der Waals surface area contributed by atoms with Gasteiger partial charge >= 0.3 is 0 Å². The lowest BCUT2D eigenvalue weighted by Crippen LogP contribution is -2.31. The molecule has 0 aliphatic rings. The van der Waals surface area contributed by atoms with Gasteiger partial charge in [-0.1, -0.05) is 5.16 Å². The summed E-state index contributed by atoms with van der Waals surface area (Å²) < 4.78 is 12.0. The van der Waals surface area contributed by atoms with Gasteiger partial charge in [0, 0.05) is 25.0 Å². The van der Waals surface area contributed by atoms with Gasteiger partial charge in [-0.2, -0.15) is 5.10 Å². The number of furan rings is 1. The van der Waals surface area contributed by atoms with Crippen molar-refractivity contribution >= 4 is 5.91 Å². The molecule has 0 fully saturated rings. The van der Waals surface area contributed by atoms with Gasteiger partial charge in [0.2, 0.25) is 0 Å². The highest BCUT2D eigenvalue weighted by atomic mass is 16.5. The van der Waals surface area contributed by atoms with Crippen molar-refractivity contribution < 1.29 is 13.7 Å². The molecule has 1 atom stereocenters. The maximum Gasteiger partial charge on any atom is 0.273 e. The first kappa shape index (κ1) is 13.2. The average Bonchev–Trinajstić information content (AvgIpc) is 3.21. The van der Waals surface area contributed by atoms with Crippen LogP contribution in [0.1, 0.15) is 28.1 Å². The molecule has 3 aromatic rings. The normalized spacial score (nSPS) is 12.2. The highest BCUT2D eigenvalue weighted by molar-refractivity contribution is 5.92. The van der Waals surface area contributed by atoms with Gasteiger partial charge in [0.25, 0.3) is 5.91 Å². The Kier molecular flexibility index (Phi) is 3.55. The Morgan fingerprint density at radius 1 is 1.48 bits per heavy atom. The van der Waals surface area contributed by atoms with E-state index < -0.39 is 0 Å². The van der Waals surface area contributed by atoms with Gasteiger partial charge < -0.3 is 14.3 Å². The molecular weight excluding hydrogens is 272 g/mol. The van der Waals surface area contributed by atoms with Crippen LogP contribution in [-0.4, -0.2) is 27.4 Å². The second kappa shape index (κ2) is 5.66. The number of carbonyl (C=O) groups excluding carboxylic acids is 1. The number of aromatic nitrogens is 3. The molecule has 0 aliphatic heterocycles. The fourth-order valence-electron chi connectivity index (χ4n) is 2.02. The minimum absolute atomic E-state index is 0.216. The highest BCUT2D eigenvalue weighted by Crippen LogP contribution is 2.17. The van der Waals surface area contributed by atoms with Crippen molar-refractivity contribution in [1.82, 2.24) is 20.3 Å². The van der Waals surface area contributed by atoms with Crippen molar-refractivity contribution in [3.63, 3.8) is 0 Å². The van der Waals surface area contributed by atoms with E-state index in [1.807, 2.05) is 18.3 Å². The van der Waals surface area contributed by atoms with E-state index in [0.717, 1.165) is 5.76 Å². The van der Waals surface area contributed by atoms with Gasteiger partial charge in [-0.05, 0) is 25.1 Å². The quantitative estimate of drug-likeness (QED) is 0.772. The van der Waals surface area contributed by atoms with E-state index in [-0.39, 0.29) is 17.6 Å². The van der Waals surface area contributed by atoms with Gasteiger partial charge in [-0.3, -0.25) is 9.48 Å². The van der Waals surface area contributed by atoms with Crippen LogP contribution in [0.3, 0.4) is 0 Å². The van der Waals surface area contributed by atoms with Crippen LogP contribution in [0, 0.1) is 6.92 Å². The Labute approximate surface area is 120 Å². The Bertz CT molecular complexity index is 666. The number of nitrogens with one attached hydrogen (secondary N) is 1. The van der Waals surface area contributed by atoms with Gasteiger partial charge in [-0.15, -0.1) is 0 Å². The van der Waals surface area contributed by atoms with E-state index in [0.29, 0.717) is 12.3 Å². The standard InChI is InChI=1S/C14H14N4O3/c1-10-8-11(17-21-10)14(19)15-9-12(13-4-2-7-20-13)18-6-3-5-16-18/h2-8,12H,9H2,1H3,(H,15,19)/t12-/m1/s1. The summed E-state index contributed by atoms with van der Waals surface area (Å²) in [6.45, 7) is 2.07. The van der Waals surface area contributed by atoms with Crippen LogP contribution in [0.15, 0.2) is 51.9 Å². The van der Waals surface area contributed by atoms with Gasteiger partial charge in [0.1, 0.15) is 17.6 Å². The molecule has 0 saturated heterocycles. The molecule has 3 rings (SSSR count). The first-order chi connectivity index (χ1) is 10.2. The van der Waals surface area contributed by atoms with E-state index >= 15 is 0 Å². The predicted octanol–water partition coefficient (Wildman–Crippen LogP) is 1.79. The van der Waals surface area contributed by atoms with Gasteiger partial charge in [0.15, 0.2) is 5.69 Å². The number of amides is 1. The number of hydrogen-bond acceptors (Lipinski definition) is 5. The predicted molar refractivity (Wildman–Crippen MR) is 72.6 cm³/mol. The topological polar surface area (TPSA) is 86.1 Å². The van der Waals surface area contributed by atoms with Crippen LogP contribution in [0.4, 0.5) is 0 Å². The molecular formula is C14H14N4O3. The summed E-state index contributed by atoms with van der Waals surface area (Å²) >= 11 is 0. The lowest BCUT2D eigenvalue weighted by Gasteiger charge is -2.15. The third-order valence-electron chi connectivity index (χ3n) is 3.03. The first-order valence-electron chi connectivity index (χ1n) is 6.48. The maximum atomic E-state index is 12.0. The highest BCUT2D eigenvalue weighted by Gasteiger charge is 2.19. The lowest BCUT2D eigenvalue weighted by molar-refractivity contribution is 0.0939. The third kappa shape index (κ3) is 2.86. The molecule has 1 amide bonds. The molecule has 0 aromatic carbocycles. The van der Waals surface area contributed by atoms with Gasteiger partial charge in [0.05, 0.1) is 6.26 Å². The van der Waals surface area contributed by atoms with E-state index in [9.17, 15) is 4.79 Å². The summed E-state index contributed by atoms with van der Waals surface area (Å²) in [5.41, 5.74) is 0.256. The number of aryl methyl sites for hydroxylation is 1. The fraction of sp³-hybridized carbons (Fsp3) is 0.214. The zero-order valence-corrected chi connectivity index (χ0v) is 11.4. The molecule has 1 N–H and O–H groups in total. The molecule has 108 valence electrons. The largest absolute Gasteiger partial charge is 0.467 e. The summed E-state index contributed by atoms with van der Waals surface area (Å²) in [7, 11) is 0. The minimum Gasteiger partial charge on any atom is -0.467 e. The average molecular weight is 286 g/mol. The molecule has 0 unspecified atom stereocenters. The van der Waals surface area contributed by atoms with Crippen molar-refractivity contribution in [3.8, 4) is 0 Å². The van der Waals surface area contributed by atoms with Crippen LogP contribution in [-0.2, 0) is 0 Å².